The number of fused-ring (bicyclic) bond motifs is 1. The minimum atomic E-state index is -1.63. The number of hydrogen-bond acceptors (Lipinski definition) is 6. The van der Waals surface area contributed by atoms with Crippen molar-refractivity contribution >= 4 is 29.7 Å². The molecule has 2 atom stereocenters. The molecular weight excluding hydrogens is 404 g/mol. The van der Waals surface area contributed by atoms with Crippen LogP contribution in [0.2, 0.25) is 0 Å². The molecule has 0 fully saturated rings. The van der Waals surface area contributed by atoms with Crippen LogP contribution in [0, 0.1) is 0 Å². The van der Waals surface area contributed by atoms with E-state index >= 15 is 0 Å². The molecule has 2 aromatic rings. The molecule has 2 aromatic carbocycles. The van der Waals surface area contributed by atoms with Crippen molar-refractivity contribution in [2.45, 2.75) is 24.9 Å². The van der Waals surface area contributed by atoms with Gasteiger partial charge in [-0.2, -0.15) is 0 Å². The molecule has 0 spiro atoms. The Morgan fingerprint density at radius 1 is 0.968 bits per heavy atom. The van der Waals surface area contributed by atoms with Gasteiger partial charge in [0, 0.05) is 6.42 Å². The standard InChI is InChI=1S/C22H20N2O7/c1-31-22(30)16(11-13-7-3-2-4-8-13)23-19(27)17(12-18(25)26)24-20(28)14-9-5-6-10-15(14)21(24)29/h2-10,16-17H,11-12H2,1H3,(H,23,27)(H,25,26)/t16-,17-/m0/s1. The Morgan fingerprint density at radius 2 is 1.52 bits per heavy atom. The van der Waals surface area contributed by atoms with Crippen molar-refractivity contribution in [1.82, 2.24) is 10.2 Å². The lowest BCUT2D eigenvalue weighted by atomic mass is 10.0. The largest absolute Gasteiger partial charge is 0.481 e. The van der Waals surface area contributed by atoms with E-state index in [1.54, 1.807) is 42.5 Å². The maximum atomic E-state index is 13.0. The van der Waals surface area contributed by atoms with E-state index in [1.807, 2.05) is 0 Å². The number of ether oxygens (including phenoxy) is 1. The van der Waals surface area contributed by atoms with Crippen molar-refractivity contribution in [1.29, 1.82) is 0 Å². The Balaban J connectivity index is 1.87. The van der Waals surface area contributed by atoms with Gasteiger partial charge in [0.05, 0.1) is 24.7 Å². The summed E-state index contributed by atoms with van der Waals surface area (Å²) in [6.07, 6.45) is -0.725. The Hall–Kier alpha value is -4.01. The predicted octanol–water partition coefficient (Wildman–Crippen LogP) is 1.03. The number of aliphatic carboxylic acids is 1. The zero-order valence-corrected chi connectivity index (χ0v) is 16.6. The Morgan fingerprint density at radius 3 is 2.03 bits per heavy atom. The summed E-state index contributed by atoms with van der Waals surface area (Å²) in [6.45, 7) is 0. The normalized spacial score (nSPS) is 14.5. The van der Waals surface area contributed by atoms with Crippen LogP contribution in [0.3, 0.4) is 0 Å². The van der Waals surface area contributed by atoms with Gasteiger partial charge < -0.3 is 15.2 Å². The second kappa shape index (κ2) is 9.21. The van der Waals surface area contributed by atoms with E-state index in [9.17, 15) is 29.1 Å². The van der Waals surface area contributed by atoms with Crippen molar-refractivity contribution in [2.75, 3.05) is 7.11 Å². The quantitative estimate of drug-likeness (QED) is 0.478. The molecule has 2 N–H and O–H groups in total. The van der Waals surface area contributed by atoms with Gasteiger partial charge in [0.15, 0.2) is 0 Å². The number of imide groups is 1. The molecule has 9 nitrogen and oxygen atoms in total. The van der Waals surface area contributed by atoms with E-state index in [-0.39, 0.29) is 17.5 Å². The molecule has 0 aliphatic carbocycles. The number of amides is 3. The van der Waals surface area contributed by atoms with Crippen molar-refractivity contribution in [2.24, 2.45) is 0 Å². The van der Waals surface area contributed by atoms with E-state index < -0.39 is 48.2 Å². The molecule has 1 heterocycles. The highest BCUT2D eigenvalue weighted by molar-refractivity contribution is 6.23. The van der Waals surface area contributed by atoms with Crippen molar-refractivity contribution in [3.63, 3.8) is 0 Å². The summed E-state index contributed by atoms with van der Waals surface area (Å²) in [7, 11) is 1.16. The first kappa shape index (κ1) is 21.7. The zero-order valence-electron chi connectivity index (χ0n) is 16.6. The monoisotopic (exact) mass is 424 g/mol. The third kappa shape index (κ3) is 4.61. The van der Waals surface area contributed by atoms with E-state index in [0.29, 0.717) is 4.90 Å². The van der Waals surface area contributed by atoms with Crippen LogP contribution in [0.25, 0.3) is 0 Å². The van der Waals surface area contributed by atoms with Crippen LogP contribution >= 0.6 is 0 Å². The number of hydrogen-bond donors (Lipinski definition) is 2. The fourth-order valence-corrected chi connectivity index (χ4v) is 3.41. The maximum Gasteiger partial charge on any atom is 0.328 e. The summed E-state index contributed by atoms with van der Waals surface area (Å²) in [6, 6.07) is 12.0. The van der Waals surface area contributed by atoms with Gasteiger partial charge in [0.1, 0.15) is 12.1 Å². The number of methoxy groups -OCH3 is 1. The third-order valence-corrected chi connectivity index (χ3v) is 4.89. The summed E-state index contributed by atoms with van der Waals surface area (Å²) in [4.78, 5) is 62.7. The van der Waals surface area contributed by atoms with Crippen LogP contribution in [-0.4, -0.2) is 58.9 Å². The molecule has 9 heteroatoms. The average molecular weight is 424 g/mol. The van der Waals surface area contributed by atoms with Gasteiger partial charge in [0.2, 0.25) is 5.91 Å². The lowest BCUT2D eigenvalue weighted by Gasteiger charge is -2.26. The second-order valence-corrected chi connectivity index (χ2v) is 6.91. The number of nitrogens with zero attached hydrogens (tertiary/aromatic N) is 1. The van der Waals surface area contributed by atoms with Gasteiger partial charge in [-0.15, -0.1) is 0 Å². The van der Waals surface area contributed by atoms with Gasteiger partial charge in [-0.1, -0.05) is 42.5 Å². The molecule has 0 saturated heterocycles. The molecule has 1 aliphatic rings. The third-order valence-electron chi connectivity index (χ3n) is 4.89. The smallest absolute Gasteiger partial charge is 0.328 e. The molecule has 0 bridgehead atoms. The number of esters is 1. The van der Waals surface area contributed by atoms with Crippen molar-refractivity contribution in [3.05, 3.63) is 71.3 Å². The molecule has 31 heavy (non-hydrogen) atoms. The number of benzene rings is 2. The van der Waals surface area contributed by atoms with E-state index in [0.717, 1.165) is 12.7 Å². The van der Waals surface area contributed by atoms with Gasteiger partial charge >= 0.3 is 11.9 Å². The van der Waals surface area contributed by atoms with Crippen LogP contribution in [0.4, 0.5) is 0 Å². The topological polar surface area (TPSA) is 130 Å². The molecular formula is C22H20N2O7. The maximum absolute atomic E-state index is 13.0. The minimum Gasteiger partial charge on any atom is -0.481 e. The van der Waals surface area contributed by atoms with Gasteiger partial charge in [-0.3, -0.25) is 24.1 Å². The first-order chi connectivity index (χ1) is 14.8. The minimum absolute atomic E-state index is 0.0845. The number of carbonyl (C=O) groups excluding carboxylic acids is 4. The number of carbonyl (C=O) groups is 5. The number of nitrogens with one attached hydrogen (secondary N) is 1. The molecule has 0 unspecified atom stereocenters. The summed E-state index contributed by atoms with van der Waals surface area (Å²) >= 11 is 0. The van der Waals surface area contributed by atoms with Gasteiger partial charge in [0.25, 0.3) is 11.8 Å². The number of rotatable bonds is 8. The molecule has 0 radical (unpaired) electrons. The van der Waals surface area contributed by atoms with E-state index in [2.05, 4.69) is 5.32 Å². The van der Waals surface area contributed by atoms with Crippen LogP contribution in [-0.2, 0) is 25.5 Å². The molecule has 0 aromatic heterocycles. The fraction of sp³-hybridized carbons (Fsp3) is 0.227. The lowest BCUT2D eigenvalue weighted by Crippen LogP contribution is -2.54. The number of carboxylic acid groups (broad SMARTS) is 1. The molecule has 3 rings (SSSR count). The summed E-state index contributed by atoms with van der Waals surface area (Å²) in [5.74, 6) is -4.59. The van der Waals surface area contributed by atoms with E-state index in [4.69, 9.17) is 4.74 Å². The zero-order chi connectivity index (χ0) is 22.5. The molecule has 1 aliphatic heterocycles. The summed E-state index contributed by atoms with van der Waals surface area (Å²) in [5.41, 5.74) is 0.905. The Bertz CT molecular complexity index is 1000. The van der Waals surface area contributed by atoms with Crippen molar-refractivity contribution in [3.8, 4) is 0 Å². The summed E-state index contributed by atoms with van der Waals surface area (Å²) in [5, 5.41) is 11.7. The van der Waals surface area contributed by atoms with Crippen LogP contribution in [0.15, 0.2) is 54.6 Å². The highest BCUT2D eigenvalue weighted by Crippen LogP contribution is 2.26. The van der Waals surface area contributed by atoms with Crippen LogP contribution < -0.4 is 5.32 Å². The lowest BCUT2D eigenvalue weighted by molar-refractivity contribution is -0.146. The molecule has 0 saturated carbocycles. The van der Waals surface area contributed by atoms with Crippen LogP contribution in [0.1, 0.15) is 32.7 Å². The molecule has 160 valence electrons. The van der Waals surface area contributed by atoms with Gasteiger partial charge in [-0.05, 0) is 17.7 Å². The SMILES string of the molecule is COC(=O)[C@H](Cc1ccccc1)NC(=O)[C@H](CC(=O)O)N1C(=O)c2ccccc2C1=O. The highest BCUT2D eigenvalue weighted by Gasteiger charge is 2.44. The van der Waals surface area contributed by atoms with Crippen molar-refractivity contribution < 1.29 is 33.8 Å². The predicted molar refractivity (Wildman–Crippen MR) is 107 cm³/mol. The summed E-state index contributed by atoms with van der Waals surface area (Å²) < 4.78 is 4.75. The van der Waals surface area contributed by atoms with E-state index in [1.165, 1.54) is 12.1 Å². The average Bonchev–Trinajstić information content (AvgIpc) is 3.02. The van der Waals surface area contributed by atoms with Crippen LogP contribution in [0.5, 0.6) is 0 Å². The molecule has 3 amide bonds. The Labute approximate surface area is 177 Å². The Kier molecular flexibility index (Phi) is 6.44. The van der Waals surface area contributed by atoms with Gasteiger partial charge in [-0.25, -0.2) is 4.79 Å². The first-order valence-electron chi connectivity index (χ1n) is 9.44. The number of carboxylic acids is 1. The highest BCUT2D eigenvalue weighted by atomic mass is 16.5. The first-order valence-corrected chi connectivity index (χ1v) is 9.44. The second-order valence-electron chi connectivity index (χ2n) is 6.91. The fourth-order valence-electron chi connectivity index (χ4n) is 3.41.